The molecule has 1 aliphatic heterocycles. The van der Waals surface area contributed by atoms with Gasteiger partial charge < -0.3 is 10.2 Å². The first-order valence-electron chi connectivity index (χ1n) is 7.50. The maximum Gasteiger partial charge on any atom is 0.220 e. The summed E-state index contributed by atoms with van der Waals surface area (Å²) < 4.78 is 0. The van der Waals surface area contributed by atoms with Crippen LogP contribution in [0.15, 0.2) is 29.8 Å². The summed E-state index contributed by atoms with van der Waals surface area (Å²) in [6.45, 7) is 1.74. The lowest BCUT2D eigenvalue weighted by Crippen LogP contribution is -2.37. The normalized spacial score (nSPS) is 17.5. The average Bonchev–Trinajstić information content (AvgIpc) is 3.17. The minimum atomic E-state index is 0.0342. The number of nitrogens with one attached hydrogen (secondary N) is 1. The zero-order chi connectivity index (χ0) is 16.2. The van der Waals surface area contributed by atoms with E-state index >= 15 is 0 Å². The lowest BCUT2D eigenvalue weighted by Gasteiger charge is -2.16. The average molecular weight is 370 g/mol. The topological polar surface area (TPSA) is 45.2 Å². The number of carbonyl (C=O) groups is 1. The Labute approximate surface area is 149 Å². The number of nitrogens with zero attached hydrogens (tertiary/aromatic N) is 2. The molecule has 1 amide bonds. The molecule has 1 atom stereocenters. The van der Waals surface area contributed by atoms with Crippen molar-refractivity contribution < 1.29 is 4.79 Å². The predicted molar refractivity (Wildman–Crippen MR) is 95.7 cm³/mol. The Bertz CT molecular complexity index is 658. The smallest absolute Gasteiger partial charge is 0.220 e. The van der Waals surface area contributed by atoms with Crippen LogP contribution in [0.3, 0.4) is 0 Å². The van der Waals surface area contributed by atoms with Crippen molar-refractivity contribution in [2.24, 2.45) is 0 Å². The van der Waals surface area contributed by atoms with Gasteiger partial charge in [0.15, 0.2) is 5.13 Å². The third-order valence-corrected chi connectivity index (χ3v) is 5.45. The Kier molecular flexibility index (Phi) is 5.41. The van der Waals surface area contributed by atoms with Crippen molar-refractivity contribution in [3.63, 3.8) is 0 Å². The standard InChI is InChI=1S/C16H17Cl2N3OS/c17-13-2-1-3-14(18)12(13)4-5-15(22)20-11-6-8-21(10-11)16-19-7-9-23-16/h1-3,7,9,11H,4-6,8,10H2,(H,20,22). The first-order chi connectivity index (χ1) is 11.1. The molecule has 4 nitrogen and oxygen atoms in total. The fraction of sp³-hybridized carbons (Fsp3) is 0.375. The van der Waals surface area contributed by atoms with Crippen molar-refractivity contribution in [2.45, 2.75) is 25.3 Å². The number of amides is 1. The maximum atomic E-state index is 12.2. The van der Waals surface area contributed by atoms with Gasteiger partial charge >= 0.3 is 0 Å². The fourth-order valence-electron chi connectivity index (χ4n) is 2.73. The Balaban J connectivity index is 1.49. The molecule has 1 aromatic carbocycles. The highest BCUT2D eigenvalue weighted by atomic mass is 35.5. The number of carbonyl (C=O) groups excluding carboxylic acids is 1. The quantitative estimate of drug-likeness (QED) is 0.871. The molecule has 1 fully saturated rings. The van der Waals surface area contributed by atoms with E-state index in [1.807, 2.05) is 5.38 Å². The third kappa shape index (κ3) is 4.16. The largest absolute Gasteiger partial charge is 0.352 e. The van der Waals surface area contributed by atoms with Crippen molar-refractivity contribution in [1.29, 1.82) is 0 Å². The van der Waals surface area contributed by atoms with Crippen LogP contribution < -0.4 is 10.2 Å². The van der Waals surface area contributed by atoms with E-state index in [1.54, 1.807) is 35.7 Å². The Hall–Kier alpha value is -1.30. The molecule has 2 aromatic rings. The summed E-state index contributed by atoms with van der Waals surface area (Å²) in [7, 11) is 0. The first kappa shape index (κ1) is 16.6. The number of hydrogen-bond acceptors (Lipinski definition) is 4. The number of rotatable bonds is 5. The molecule has 23 heavy (non-hydrogen) atoms. The molecule has 0 saturated carbocycles. The van der Waals surface area contributed by atoms with Crippen LogP contribution in [0, 0.1) is 0 Å². The van der Waals surface area contributed by atoms with Crippen LogP contribution in [-0.4, -0.2) is 30.0 Å². The molecule has 1 saturated heterocycles. The van der Waals surface area contributed by atoms with Gasteiger partial charge in [-0.2, -0.15) is 0 Å². The molecular weight excluding hydrogens is 353 g/mol. The molecular formula is C16H17Cl2N3OS. The SMILES string of the molecule is O=C(CCc1c(Cl)cccc1Cl)NC1CCN(c2nccs2)C1. The lowest BCUT2D eigenvalue weighted by atomic mass is 10.1. The number of benzene rings is 1. The molecule has 0 aliphatic carbocycles. The highest BCUT2D eigenvalue weighted by molar-refractivity contribution is 7.13. The number of aromatic nitrogens is 1. The van der Waals surface area contributed by atoms with Crippen LogP contribution in [0.4, 0.5) is 5.13 Å². The van der Waals surface area contributed by atoms with Crippen molar-refractivity contribution >= 4 is 45.6 Å². The van der Waals surface area contributed by atoms with E-state index in [9.17, 15) is 4.79 Å². The van der Waals surface area contributed by atoms with Gasteiger partial charge in [-0.1, -0.05) is 29.3 Å². The van der Waals surface area contributed by atoms with E-state index in [0.717, 1.165) is 30.2 Å². The van der Waals surface area contributed by atoms with Crippen LogP contribution in [0.1, 0.15) is 18.4 Å². The second-order valence-corrected chi connectivity index (χ2v) is 7.20. The maximum absolute atomic E-state index is 12.2. The molecule has 0 radical (unpaired) electrons. The van der Waals surface area contributed by atoms with Crippen molar-refractivity contribution in [1.82, 2.24) is 10.3 Å². The predicted octanol–water partition coefficient (Wildman–Crippen LogP) is 3.78. The zero-order valence-corrected chi connectivity index (χ0v) is 14.8. The number of hydrogen-bond donors (Lipinski definition) is 1. The van der Waals surface area contributed by atoms with Crippen LogP contribution in [0.25, 0.3) is 0 Å². The highest BCUT2D eigenvalue weighted by Gasteiger charge is 2.25. The van der Waals surface area contributed by atoms with Gasteiger partial charge in [-0.05, 0) is 30.5 Å². The van der Waals surface area contributed by atoms with E-state index in [4.69, 9.17) is 23.2 Å². The Morgan fingerprint density at radius 1 is 1.39 bits per heavy atom. The van der Waals surface area contributed by atoms with Gasteiger partial charge in [0.25, 0.3) is 0 Å². The molecule has 1 aromatic heterocycles. The van der Waals surface area contributed by atoms with Crippen LogP contribution in [-0.2, 0) is 11.2 Å². The van der Waals surface area contributed by atoms with Crippen molar-refractivity contribution in [2.75, 3.05) is 18.0 Å². The highest BCUT2D eigenvalue weighted by Crippen LogP contribution is 2.26. The van der Waals surface area contributed by atoms with E-state index < -0.39 is 0 Å². The molecule has 1 N–H and O–H groups in total. The van der Waals surface area contributed by atoms with Crippen molar-refractivity contribution in [3.8, 4) is 0 Å². The minimum absolute atomic E-state index is 0.0342. The monoisotopic (exact) mass is 369 g/mol. The Morgan fingerprint density at radius 2 is 2.17 bits per heavy atom. The summed E-state index contributed by atoms with van der Waals surface area (Å²) in [5.41, 5.74) is 0.835. The number of thiazole rings is 1. The lowest BCUT2D eigenvalue weighted by molar-refractivity contribution is -0.121. The van der Waals surface area contributed by atoms with Crippen molar-refractivity contribution in [3.05, 3.63) is 45.4 Å². The molecule has 1 aliphatic rings. The van der Waals surface area contributed by atoms with Gasteiger partial charge in [0.2, 0.25) is 5.91 Å². The van der Waals surface area contributed by atoms with Gasteiger partial charge in [-0.3, -0.25) is 4.79 Å². The van der Waals surface area contributed by atoms with Gasteiger partial charge in [0, 0.05) is 47.2 Å². The fourth-order valence-corrected chi connectivity index (χ4v) is 4.00. The number of anilines is 1. The van der Waals surface area contributed by atoms with E-state index in [1.165, 1.54) is 0 Å². The van der Waals surface area contributed by atoms with Gasteiger partial charge in [-0.25, -0.2) is 4.98 Å². The van der Waals surface area contributed by atoms with E-state index in [-0.39, 0.29) is 11.9 Å². The summed E-state index contributed by atoms with van der Waals surface area (Å²) in [6.07, 6.45) is 3.68. The second kappa shape index (κ2) is 7.51. The van der Waals surface area contributed by atoms with Crippen LogP contribution in [0.2, 0.25) is 10.0 Å². The summed E-state index contributed by atoms with van der Waals surface area (Å²) in [5.74, 6) is 0.0342. The van der Waals surface area contributed by atoms with Crippen LogP contribution >= 0.6 is 34.5 Å². The molecule has 2 heterocycles. The molecule has 7 heteroatoms. The molecule has 1 unspecified atom stereocenters. The third-order valence-electron chi connectivity index (χ3n) is 3.91. The zero-order valence-electron chi connectivity index (χ0n) is 12.5. The van der Waals surface area contributed by atoms with E-state index in [0.29, 0.717) is 22.9 Å². The van der Waals surface area contributed by atoms with Crippen LogP contribution in [0.5, 0.6) is 0 Å². The molecule has 0 bridgehead atoms. The summed E-state index contributed by atoms with van der Waals surface area (Å²) in [4.78, 5) is 18.7. The first-order valence-corrected chi connectivity index (χ1v) is 9.13. The summed E-state index contributed by atoms with van der Waals surface area (Å²) in [5, 5.41) is 7.30. The molecule has 0 spiro atoms. The van der Waals surface area contributed by atoms with Gasteiger partial charge in [0.05, 0.1) is 0 Å². The minimum Gasteiger partial charge on any atom is -0.352 e. The van der Waals surface area contributed by atoms with E-state index in [2.05, 4.69) is 15.2 Å². The second-order valence-electron chi connectivity index (χ2n) is 5.51. The van der Waals surface area contributed by atoms with Gasteiger partial charge in [-0.15, -0.1) is 11.3 Å². The van der Waals surface area contributed by atoms with Gasteiger partial charge in [0.1, 0.15) is 0 Å². The summed E-state index contributed by atoms with van der Waals surface area (Å²) >= 11 is 13.9. The summed E-state index contributed by atoms with van der Waals surface area (Å²) in [6, 6.07) is 5.57. The molecule has 3 rings (SSSR count). The Morgan fingerprint density at radius 3 is 2.87 bits per heavy atom. The molecule has 122 valence electrons. The number of halogens is 2.